The van der Waals surface area contributed by atoms with Crippen LogP contribution in [-0.4, -0.2) is 40.1 Å². The van der Waals surface area contributed by atoms with E-state index in [4.69, 9.17) is 4.74 Å². The van der Waals surface area contributed by atoms with E-state index in [9.17, 15) is 19.7 Å². The number of carbonyl (C=O) groups is 2. The van der Waals surface area contributed by atoms with E-state index in [-0.39, 0.29) is 11.3 Å². The summed E-state index contributed by atoms with van der Waals surface area (Å²) in [4.78, 5) is 34.7. The van der Waals surface area contributed by atoms with Crippen LogP contribution < -0.4 is 15.4 Å². The molecule has 0 radical (unpaired) electrons. The number of ether oxygens (including phenoxy) is 1. The molecule has 1 unspecified atom stereocenters. The first-order valence-corrected chi connectivity index (χ1v) is 9.53. The molecular formula is C19H17N5O5S. The lowest BCUT2D eigenvalue weighted by Crippen LogP contribution is -2.41. The van der Waals surface area contributed by atoms with Gasteiger partial charge in [-0.25, -0.2) is 0 Å². The Labute approximate surface area is 175 Å². The van der Waals surface area contributed by atoms with Crippen molar-refractivity contribution in [2.45, 2.75) is 13.0 Å². The number of hydrogen-bond acceptors (Lipinski definition) is 8. The Morgan fingerprint density at radius 2 is 1.77 bits per heavy atom. The maximum absolute atomic E-state index is 12.4. The summed E-state index contributed by atoms with van der Waals surface area (Å²) in [5.41, 5.74) is 0.910. The lowest BCUT2D eigenvalue weighted by molar-refractivity contribution is -0.384. The lowest BCUT2D eigenvalue weighted by atomic mass is 10.2. The van der Waals surface area contributed by atoms with E-state index in [0.717, 1.165) is 11.3 Å². The number of nitrogens with one attached hydrogen (secondary N) is 2. The summed E-state index contributed by atoms with van der Waals surface area (Å²) in [6.07, 6.45) is 0. The molecule has 0 aliphatic rings. The molecular weight excluding hydrogens is 410 g/mol. The van der Waals surface area contributed by atoms with Crippen molar-refractivity contribution in [3.8, 4) is 16.3 Å². The second kappa shape index (κ2) is 9.09. The maximum Gasteiger partial charge on any atom is 0.269 e. The number of amides is 2. The van der Waals surface area contributed by atoms with E-state index in [1.165, 1.54) is 42.5 Å². The fourth-order valence-corrected chi connectivity index (χ4v) is 3.17. The van der Waals surface area contributed by atoms with Crippen molar-refractivity contribution in [1.29, 1.82) is 0 Å². The van der Waals surface area contributed by atoms with Crippen LogP contribution in [0.2, 0.25) is 0 Å². The molecule has 2 N–H and O–H groups in total. The van der Waals surface area contributed by atoms with Crippen molar-refractivity contribution in [3.05, 3.63) is 64.2 Å². The molecule has 1 atom stereocenters. The molecule has 30 heavy (non-hydrogen) atoms. The molecule has 0 saturated carbocycles. The highest BCUT2D eigenvalue weighted by Crippen LogP contribution is 2.27. The molecule has 10 nitrogen and oxygen atoms in total. The first kappa shape index (κ1) is 20.9. The standard InChI is InChI=1S/C19H17N5O5S/c1-11(20-17(26)12-3-7-14(8-4-12)24(27)28)16(25)21-19-23-22-18(30-19)13-5-9-15(29-2)10-6-13/h3-11H,1-2H3,(H,20,26)(H,21,23,25). The van der Waals surface area contributed by atoms with Crippen molar-refractivity contribution < 1.29 is 19.2 Å². The van der Waals surface area contributed by atoms with Gasteiger partial charge in [-0.05, 0) is 43.3 Å². The summed E-state index contributed by atoms with van der Waals surface area (Å²) in [6.45, 7) is 1.52. The Hall–Kier alpha value is -3.86. The second-order valence-corrected chi connectivity index (χ2v) is 7.11. The van der Waals surface area contributed by atoms with E-state index in [1.54, 1.807) is 19.2 Å². The van der Waals surface area contributed by atoms with Crippen molar-refractivity contribution in [2.75, 3.05) is 12.4 Å². The third-order valence-electron chi connectivity index (χ3n) is 4.07. The molecule has 0 fully saturated rings. The van der Waals surface area contributed by atoms with Gasteiger partial charge in [-0.1, -0.05) is 11.3 Å². The average Bonchev–Trinajstić information content (AvgIpc) is 3.22. The Morgan fingerprint density at radius 1 is 1.10 bits per heavy atom. The molecule has 0 aliphatic heterocycles. The van der Waals surface area contributed by atoms with E-state index in [2.05, 4.69) is 20.8 Å². The van der Waals surface area contributed by atoms with E-state index in [0.29, 0.717) is 10.1 Å². The number of hydrogen-bond donors (Lipinski definition) is 2. The van der Waals surface area contributed by atoms with E-state index >= 15 is 0 Å². The SMILES string of the molecule is COc1ccc(-c2nnc(NC(=O)C(C)NC(=O)c3ccc([N+](=O)[O-])cc3)s2)cc1. The molecule has 3 rings (SSSR count). The van der Waals surface area contributed by atoms with Gasteiger partial charge in [0.15, 0.2) is 0 Å². The normalized spacial score (nSPS) is 11.4. The van der Waals surface area contributed by atoms with Crippen LogP contribution in [0, 0.1) is 10.1 Å². The number of benzene rings is 2. The van der Waals surface area contributed by atoms with Gasteiger partial charge in [0.25, 0.3) is 11.6 Å². The third kappa shape index (κ3) is 4.94. The van der Waals surface area contributed by atoms with E-state index < -0.39 is 22.8 Å². The fraction of sp³-hybridized carbons (Fsp3) is 0.158. The fourth-order valence-electron chi connectivity index (χ4n) is 2.42. The molecule has 0 bridgehead atoms. The highest BCUT2D eigenvalue weighted by molar-refractivity contribution is 7.18. The number of methoxy groups -OCH3 is 1. The molecule has 0 aliphatic carbocycles. The zero-order valence-corrected chi connectivity index (χ0v) is 16.8. The Balaban J connectivity index is 1.59. The molecule has 0 saturated heterocycles. The summed E-state index contributed by atoms with van der Waals surface area (Å²) in [5.74, 6) is -0.277. The van der Waals surface area contributed by atoms with Crippen LogP contribution in [0.15, 0.2) is 48.5 Å². The van der Waals surface area contributed by atoms with Crippen molar-refractivity contribution in [1.82, 2.24) is 15.5 Å². The number of nitro benzene ring substituents is 1. The van der Waals surface area contributed by atoms with Gasteiger partial charge in [-0.2, -0.15) is 0 Å². The summed E-state index contributed by atoms with van der Waals surface area (Å²) in [6, 6.07) is 11.5. The first-order valence-electron chi connectivity index (χ1n) is 8.71. The van der Waals surface area contributed by atoms with E-state index in [1.807, 2.05) is 12.1 Å². The minimum Gasteiger partial charge on any atom is -0.497 e. The van der Waals surface area contributed by atoms with Gasteiger partial charge in [-0.15, -0.1) is 10.2 Å². The van der Waals surface area contributed by atoms with Gasteiger partial charge in [-0.3, -0.25) is 25.0 Å². The van der Waals surface area contributed by atoms with Crippen LogP contribution in [-0.2, 0) is 4.79 Å². The third-order valence-corrected chi connectivity index (χ3v) is 4.96. The summed E-state index contributed by atoms with van der Waals surface area (Å²) in [7, 11) is 1.58. The zero-order valence-electron chi connectivity index (χ0n) is 16.0. The number of aromatic nitrogens is 2. The second-order valence-electron chi connectivity index (χ2n) is 6.13. The van der Waals surface area contributed by atoms with Crippen LogP contribution in [0.3, 0.4) is 0 Å². The van der Waals surface area contributed by atoms with Crippen molar-refractivity contribution >= 4 is 34.0 Å². The smallest absolute Gasteiger partial charge is 0.269 e. The van der Waals surface area contributed by atoms with Gasteiger partial charge < -0.3 is 10.1 Å². The predicted molar refractivity (Wildman–Crippen MR) is 111 cm³/mol. The molecule has 154 valence electrons. The molecule has 0 spiro atoms. The van der Waals surface area contributed by atoms with Crippen LogP contribution in [0.25, 0.3) is 10.6 Å². The minimum absolute atomic E-state index is 0.124. The van der Waals surface area contributed by atoms with Gasteiger partial charge in [0.1, 0.15) is 16.8 Å². The predicted octanol–water partition coefficient (Wildman–Crippen LogP) is 2.88. The molecule has 2 amide bonds. The first-order chi connectivity index (χ1) is 14.4. The molecule has 11 heteroatoms. The number of non-ortho nitro benzene ring substituents is 1. The lowest BCUT2D eigenvalue weighted by Gasteiger charge is -2.12. The molecule has 1 heterocycles. The van der Waals surface area contributed by atoms with Crippen LogP contribution in [0.5, 0.6) is 5.75 Å². The summed E-state index contributed by atoms with van der Waals surface area (Å²) < 4.78 is 5.12. The molecule has 1 aromatic heterocycles. The Morgan fingerprint density at radius 3 is 2.37 bits per heavy atom. The van der Waals surface area contributed by atoms with Crippen LogP contribution in [0.1, 0.15) is 17.3 Å². The topological polar surface area (TPSA) is 136 Å². The number of rotatable bonds is 7. The Bertz CT molecular complexity index is 1070. The highest BCUT2D eigenvalue weighted by Gasteiger charge is 2.19. The minimum atomic E-state index is -0.860. The Kier molecular flexibility index (Phi) is 6.32. The van der Waals surface area contributed by atoms with Crippen LogP contribution in [0.4, 0.5) is 10.8 Å². The van der Waals surface area contributed by atoms with Gasteiger partial charge in [0.2, 0.25) is 11.0 Å². The van der Waals surface area contributed by atoms with Gasteiger partial charge >= 0.3 is 0 Å². The number of carbonyl (C=O) groups excluding carboxylic acids is 2. The summed E-state index contributed by atoms with van der Waals surface area (Å²) in [5, 5.41) is 24.8. The van der Waals surface area contributed by atoms with Crippen molar-refractivity contribution in [3.63, 3.8) is 0 Å². The summed E-state index contributed by atoms with van der Waals surface area (Å²) >= 11 is 1.19. The number of nitrogens with zero attached hydrogens (tertiary/aromatic N) is 3. The number of nitro groups is 1. The largest absolute Gasteiger partial charge is 0.497 e. The molecule has 3 aromatic rings. The van der Waals surface area contributed by atoms with Gasteiger partial charge in [0.05, 0.1) is 12.0 Å². The van der Waals surface area contributed by atoms with Crippen molar-refractivity contribution in [2.24, 2.45) is 0 Å². The highest BCUT2D eigenvalue weighted by atomic mass is 32.1. The maximum atomic E-state index is 12.4. The number of anilines is 1. The monoisotopic (exact) mass is 427 g/mol. The average molecular weight is 427 g/mol. The zero-order chi connectivity index (χ0) is 21.7. The molecule has 2 aromatic carbocycles. The van der Waals surface area contributed by atoms with Crippen LogP contribution >= 0.6 is 11.3 Å². The van der Waals surface area contributed by atoms with Gasteiger partial charge in [0, 0.05) is 23.3 Å². The quantitative estimate of drug-likeness (QED) is 0.437.